The number of nitrogen functional groups attached to an aromatic ring is 1. The zero-order valence-electron chi connectivity index (χ0n) is 13.8. The van der Waals surface area contributed by atoms with E-state index < -0.39 is 0 Å². The van der Waals surface area contributed by atoms with E-state index in [1.807, 2.05) is 17.0 Å². The molecule has 4 rings (SSSR count). The lowest BCUT2D eigenvalue weighted by atomic mass is 10.1. The van der Waals surface area contributed by atoms with Crippen LogP contribution >= 0.6 is 11.3 Å². The molecule has 0 unspecified atom stereocenters. The fourth-order valence-electron chi connectivity index (χ4n) is 3.45. The molecule has 0 aliphatic carbocycles. The summed E-state index contributed by atoms with van der Waals surface area (Å²) in [4.78, 5) is 21.2. The number of fused-ring (bicyclic) bond motifs is 2. The third-order valence-electron chi connectivity index (χ3n) is 4.83. The minimum atomic E-state index is 0.0678. The third kappa shape index (κ3) is 2.53. The highest BCUT2D eigenvalue weighted by Gasteiger charge is 2.23. The number of aromatic nitrogens is 1. The summed E-state index contributed by atoms with van der Waals surface area (Å²) in [6.45, 7) is 3.73. The van der Waals surface area contributed by atoms with Crippen LogP contribution in [0.1, 0.15) is 40.9 Å². The number of thiophene rings is 1. The molecule has 0 radical (unpaired) electrons. The lowest BCUT2D eigenvalue weighted by Gasteiger charge is -2.19. The van der Waals surface area contributed by atoms with E-state index in [4.69, 9.17) is 10.7 Å². The fraction of sp³-hybridized carbons (Fsp3) is 0.368. The number of para-hydroxylation sites is 1. The Morgan fingerprint density at radius 2 is 1.96 bits per heavy atom. The van der Waals surface area contributed by atoms with Crippen molar-refractivity contribution in [2.45, 2.75) is 32.6 Å². The van der Waals surface area contributed by atoms with E-state index in [0.29, 0.717) is 10.6 Å². The van der Waals surface area contributed by atoms with Crippen molar-refractivity contribution in [3.63, 3.8) is 0 Å². The van der Waals surface area contributed by atoms with Gasteiger partial charge in [-0.05, 0) is 31.4 Å². The van der Waals surface area contributed by atoms with Crippen molar-refractivity contribution in [3.05, 3.63) is 34.7 Å². The molecule has 3 heterocycles. The molecule has 0 spiro atoms. The van der Waals surface area contributed by atoms with Gasteiger partial charge in [-0.1, -0.05) is 31.0 Å². The largest absolute Gasteiger partial charge is 0.397 e. The Morgan fingerprint density at radius 1 is 1.21 bits per heavy atom. The maximum absolute atomic E-state index is 12.9. The van der Waals surface area contributed by atoms with Gasteiger partial charge >= 0.3 is 0 Å². The lowest BCUT2D eigenvalue weighted by Crippen LogP contribution is -2.31. The zero-order chi connectivity index (χ0) is 16.7. The van der Waals surface area contributed by atoms with Gasteiger partial charge in [0.25, 0.3) is 5.91 Å². The Kier molecular flexibility index (Phi) is 3.88. The molecule has 1 aromatic carbocycles. The lowest BCUT2D eigenvalue weighted by molar-refractivity contribution is 0.0767. The monoisotopic (exact) mass is 339 g/mol. The Morgan fingerprint density at radius 3 is 2.71 bits per heavy atom. The molecule has 1 aliphatic heterocycles. The van der Waals surface area contributed by atoms with E-state index in [-0.39, 0.29) is 5.91 Å². The van der Waals surface area contributed by atoms with Crippen LogP contribution < -0.4 is 5.73 Å². The number of rotatable bonds is 1. The summed E-state index contributed by atoms with van der Waals surface area (Å²) in [6.07, 6.45) is 4.57. The molecule has 1 aliphatic rings. The molecular weight excluding hydrogens is 318 g/mol. The molecule has 0 saturated carbocycles. The standard InChI is InChI=1S/C19H21N3OS/c1-12-7-6-8-13-11-14-15(20)17(24-18(14)21-16(12)13)19(23)22-9-4-2-3-5-10-22/h6-8,11H,2-5,9-10,20H2,1H3. The predicted molar refractivity (Wildman–Crippen MR) is 101 cm³/mol. The molecule has 4 nitrogen and oxygen atoms in total. The number of pyridine rings is 1. The second kappa shape index (κ2) is 6.06. The number of carbonyl (C=O) groups is 1. The molecule has 2 aromatic heterocycles. The van der Waals surface area contributed by atoms with Crippen LogP contribution in [0.5, 0.6) is 0 Å². The predicted octanol–water partition coefficient (Wildman–Crippen LogP) is 4.36. The number of carbonyl (C=O) groups excluding carboxylic acids is 1. The van der Waals surface area contributed by atoms with Gasteiger partial charge in [0, 0.05) is 23.9 Å². The Bertz CT molecular complexity index is 923. The summed E-state index contributed by atoms with van der Waals surface area (Å²) < 4.78 is 0. The molecule has 1 amide bonds. The minimum absolute atomic E-state index is 0.0678. The van der Waals surface area contributed by atoms with E-state index >= 15 is 0 Å². The minimum Gasteiger partial charge on any atom is -0.397 e. The van der Waals surface area contributed by atoms with Crippen molar-refractivity contribution in [2.24, 2.45) is 0 Å². The molecule has 24 heavy (non-hydrogen) atoms. The Hall–Kier alpha value is -2.14. The number of aryl methyl sites for hydroxylation is 1. The molecule has 124 valence electrons. The highest BCUT2D eigenvalue weighted by atomic mass is 32.1. The molecular formula is C19H21N3OS. The number of nitrogens with zero attached hydrogens (tertiary/aromatic N) is 2. The van der Waals surface area contributed by atoms with Gasteiger partial charge in [0.05, 0.1) is 11.2 Å². The van der Waals surface area contributed by atoms with E-state index in [1.54, 1.807) is 0 Å². The number of likely N-dealkylation sites (tertiary alicyclic amines) is 1. The molecule has 3 aromatic rings. The fourth-order valence-corrected chi connectivity index (χ4v) is 4.50. The molecule has 1 fully saturated rings. The number of benzene rings is 1. The smallest absolute Gasteiger partial charge is 0.266 e. The van der Waals surface area contributed by atoms with Crippen LogP contribution in [0, 0.1) is 6.92 Å². The van der Waals surface area contributed by atoms with Crippen LogP contribution in [-0.4, -0.2) is 28.9 Å². The van der Waals surface area contributed by atoms with Crippen LogP contribution in [-0.2, 0) is 0 Å². The van der Waals surface area contributed by atoms with Gasteiger partial charge in [-0.15, -0.1) is 11.3 Å². The summed E-state index contributed by atoms with van der Waals surface area (Å²) in [5.74, 6) is 0.0678. The van der Waals surface area contributed by atoms with Gasteiger partial charge in [-0.3, -0.25) is 4.79 Å². The number of nitrogens with two attached hydrogens (primary N) is 1. The van der Waals surface area contributed by atoms with Gasteiger partial charge in [0.2, 0.25) is 0 Å². The van der Waals surface area contributed by atoms with Gasteiger partial charge < -0.3 is 10.6 Å². The highest BCUT2D eigenvalue weighted by Crippen LogP contribution is 2.36. The number of anilines is 1. The van der Waals surface area contributed by atoms with Crippen LogP contribution in [0.3, 0.4) is 0 Å². The van der Waals surface area contributed by atoms with Crippen LogP contribution in [0.15, 0.2) is 24.3 Å². The molecule has 0 bridgehead atoms. The normalized spacial score (nSPS) is 15.8. The summed E-state index contributed by atoms with van der Waals surface area (Å²) in [7, 11) is 0. The van der Waals surface area contributed by atoms with E-state index in [2.05, 4.69) is 19.1 Å². The van der Waals surface area contributed by atoms with Gasteiger partial charge in [-0.25, -0.2) is 4.98 Å². The Balaban J connectivity index is 1.81. The van der Waals surface area contributed by atoms with Crippen molar-refractivity contribution in [2.75, 3.05) is 18.8 Å². The van der Waals surface area contributed by atoms with E-state index in [0.717, 1.165) is 52.6 Å². The second-order valence-electron chi connectivity index (χ2n) is 6.54. The SMILES string of the molecule is Cc1cccc2cc3c(N)c(C(=O)N4CCCCCC4)sc3nc12. The maximum Gasteiger partial charge on any atom is 0.266 e. The summed E-state index contributed by atoms with van der Waals surface area (Å²) in [6, 6.07) is 8.19. The number of amides is 1. The quantitative estimate of drug-likeness (QED) is 0.717. The molecule has 0 atom stereocenters. The molecule has 1 saturated heterocycles. The van der Waals surface area contributed by atoms with Gasteiger partial charge in [-0.2, -0.15) is 0 Å². The first-order valence-corrected chi connectivity index (χ1v) is 9.34. The maximum atomic E-state index is 12.9. The summed E-state index contributed by atoms with van der Waals surface area (Å²) in [5.41, 5.74) is 9.05. The number of hydrogen-bond acceptors (Lipinski definition) is 4. The first-order valence-electron chi connectivity index (χ1n) is 8.53. The number of hydrogen-bond donors (Lipinski definition) is 1. The first kappa shape index (κ1) is 15.4. The second-order valence-corrected chi connectivity index (χ2v) is 7.54. The average molecular weight is 339 g/mol. The highest BCUT2D eigenvalue weighted by molar-refractivity contribution is 7.21. The van der Waals surface area contributed by atoms with Crippen molar-refractivity contribution in [3.8, 4) is 0 Å². The summed E-state index contributed by atoms with van der Waals surface area (Å²) in [5, 5.41) is 1.97. The van der Waals surface area contributed by atoms with E-state index in [1.165, 1.54) is 24.2 Å². The van der Waals surface area contributed by atoms with Crippen LogP contribution in [0.2, 0.25) is 0 Å². The van der Waals surface area contributed by atoms with Crippen molar-refractivity contribution in [1.29, 1.82) is 0 Å². The van der Waals surface area contributed by atoms with Gasteiger partial charge in [0.1, 0.15) is 9.71 Å². The van der Waals surface area contributed by atoms with Crippen LogP contribution in [0.4, 0.5) is 5.69 Å². The zero-order valence-corrected chi connectivity index (χ0v) is 14.7. The summed E-state index contributed by atoms with van der Waals surface area (Å²) >= 11 is 1.43. The third-order valence-corrected chi connectivity index (χ3v) is 5.94. The topological polar surface area (TPSA) is 59.2 Å². The van der Waals surface area contributed by atoms with Crippen molar-refractivity contribution in [1.82, 2.24) is 9.88 Å². The first-order chi connectivity index (χ1) is 11.6. The molecule has 5 heteroatoms. The van der Waals surface area contributed by atoms with Crippen molar-refractivity contribution < 1.29 is 4.79 Å². The molecule has 2 N–H and O–H groups in total. The van der Waals surface area contributed by atoms with E-state index in [9.17, 15) is 4.79 Å². The van der Waals surface area contributed by atoms with Crippen LogP contribution in [0.25, 0.3) is 21.1 Å². The van der Waals surface area contributed by atoms with Gasteiger partial charge in [0.15, 0.2) is 0 Å². The average Bonchev–Trinajstić information content (AvgIpc) is 2.78. The Labute approximate surface area is 145 Å². The van der Waals surface area contributed by atoms with Crippen molar-refractivity contribution >= 4 is 44.1 Å².